The van der Waals surface area contributed by atoms with Crippen molar-refractivity contribution >= 4 is 5.82 Å². The van der Waals surface area contributed by atoms with Gasteiger partial charge in [-0.3, -0.25) is 4.68 Å². The molecular formula is C18H11F3N6. The van der Waals surface area contributed by atoms with E-state index < -0.39 is 11.7 Å². The monoisotopic (exact) mass is 368 g/mol. The normalized spacial score (nSPS) is 11.0. The smallest absolute Gasteiger partial charge is 0.383 e. The minimum atomic E-state index is -4.49. The lowest BCUT2D eigenvalue weighted by molar-refractivity contribution is -0.137. The topological polar surface area (TPSA) is 104 Å². The first-order valence-electron chi connectivity index (χ1n) is 7.56. The first-order valence-corrected chi connectivity index (χ1v) is 7.56. The Balaban J connectivity index is 2.30. The van der Waals surface area contributed by atoms with Crippen molar-refractivity contribution < 1.29 is 13.2 Å². The Morgan fingerprint density at radius 3 is 2.15 bits per heavy atom. The number of aromatic nitrogens is 3. The molecule has 2 heterocycles. The number of nitrogens with zero attached hydrogens (tertiary/aromatic N) is 5. The number of nitrogens with two attached hydrogens (primary N) is 1. The van der Waals surface area contributed by atoms with E-state index in [9.17, 15) is 23.7 Å². The van der Waals surface area contributed by atoms with Crippen molar-refractivity contribution in [3.8, 4) is 34.5 Å². The summed E-state index contributed by atoms with van der Waals surface area (Å²) >= 11 is 0. The summed E-state index contributed by atoms with van der Waals surface area (Å²) < 4.78 is 40.0. The highest BCUT2D eigenvalue weighted by atomic mass is 19.4. The van der Waals surface area contributed by atoms with E-state index in [-0.39, 0.29) is 33.8 Å². The van der Waals surface area contributed by atoms with Crippen LogP contribution >= 0.6 is 0 Å². The summed E-state index contributed by atoms with van der Waals surface area (Å²) in [6, 6.07) is 8.05. The Bertz CT molecular complexity index is 1100. The van der Waals surface area contributed by atoms with Crippen molar-refractivity contribution in [3.63, 3.8) is 0 Å². The van der Waals surface area contributed by atoms with Crippen molar-refractivity contribution in [2.45, 2.75) is 6.18 Å². The Labute approximate surface area is 151 Å². The Morgan fingerprint density at radius 1 is 1.04 bits per heavy atom. The molecule has 0 aliphatic heterocycles. The zero-order chi connectivity index (χ0) is 19.8. The summed E-state index contributed by atoms with van der Waals surface area (Å²) in [5, 5.41) is 23.1. The molecular weight excluding hydrogens is 357 g/mol. The second-order valence-electron chi connectivity index (χ2n) is 5.67. The van der Waals surface area contributed by atoms with Gasteiger partial charge in [-0.2, -0.15) is 28.8 Å². The van der Waals surface area contributed by atoms with Crippen molar-refractivity contribution in [2.75, 3.05) is 5.73 Å². The van der Waals surface area contributed by atoms with Crippen LogP contribution in [0.3, 0.4) is 0 Å². The van der Waals surface area contributed by atoms with Crippen LogP contribution in [0, 0.1) is 22.7 Å². The molecule has 1 aromatic carbocycles. The maximum Gasteiger partial charge on any atom is 0.416 e. The van der Waals surface area contributed by atoms with E-state index in [1.54, 1.807) is 13.2 Å². The fourth-order valence-corrected chi connectivity index (χ4v) is 2.69. The molecule has 3 aromatic rings. The van der Waals surface area contributed by atoms with Crippen LogP contribution in [-0.2, 0) is 13.2 Å². The van der Waals surface area contributed by atoms with Crippen LogP contribution in [0.1, 0.15) is 16.7 Å². The number of alkyl halides is 3. The number of pyridine rings is 1. The van der Waals surface area contributed by atoms with Crippen LogP contribution in [0.15, 0.2) is 36.7 Å². The van der Waals surface area contributed by atoms with Gasteiger partial charge in [-0.05, 0) is 17.7 Å². The maximum absolute atomic E-state index is 12.8. The molecule has 0 aliphatic carbocycles. The molecule has 9 heteroatoms. The van der Waals surface area contributed by atoms with Crippen molar-refractivity contribution in [2.24, 2.45) is 7.05 Å². The van der Waals surface area contributed by atoms with Crippen LogP contribution in [0.5, 0.6) is 0 Å². The number of hydrogen-bond donors (Lipinski definition) is 1. The zero-order valence-corrected chi connectivity index (χ0v) is 13.9. The maximum atomic E-state index is 12.8. The molecule has 0 saturated carbocycles. The molecule has 0 spiro atoms. The van der Waals surface area contributed by atoms with Gasteiger partial charge >= 0.3 is 6.18 Å². The van der Waals surface area contributed by atoms with E-state index in [0.29, 0.717) is 5.56 Å². The summed E-state index contributed by atoms with van der Waals surface area (Å²) in [7, 11) is 1.68. The molecule has 27 heavy (non-hydrogen) atoms. The first kappa shape index (κ1) is 18.0. The Kier molecular flexibility index (Phi) is 4.30. The second kappa shape index (κ2) is 6.46. The predicted octanol–water partition coefficient (Wildman–Crippen LogP) is 3.49. The van der Waals surface area contributed by atoms with Crippen molar-refractivity contribution in [1.29, 1.82) is 10.5 Å². The molecule has 6 nitrogen and oxygen atoms in total. The molecule has 0 aliphatic rings. The molecule has 0 fully saturated rings. The lowest BCUT2D eigenvalue weighted by atomic mass is 9.92. The average Bonchev–Trinajstić information content (AvgIpc) is 3.06. The number of anilines is 1. The van der Waals surface area contributed by atoms with Gasteiger partial charge < -0.3 is 5.73 Å². The molecule has 2 aromatic heterocycles. The number of nitriles is 2. The standard InChI is InChI=1S/C18H11F3N6/c1-27-9-11(8-25-27)16-13(6-22)15(14(7-23)17(24)26-16)10-2-4-12(5-3-10)18(19,20)21/h2-5,8-9H,1H3,(H2,24,26). The lowest BCUT2D eigenvalue weighted by Crippen LogP contribution is -2.06. The number of nitrogen functional groups attached to an aromatic ring is 1. The molecule has 0 amide bonds. The van der Waals surface area contributed by atoms with E-state index in [0.717, 1.165) is 12.1 Å². The zero-order valence-electron chi connectivity index (χ0n) is 13.9. The Hall–Kier alpha value is -3.85. The van der Waals surface area contributed by atoms with Crippen LogP contribution in [0.2, 0.25) is 0 Å². The summed E-state index contributed by atoms with van der Waals surface area (Å²) in [4.78, 5) is 4.14. The largest absolute Gasteiger partial charge is 0.416 e. The van der Waals surface area contributed by atoms with Gasteiger partial charge in [0, 0.05) is 24.4 Å². The van der Waals surface area contributed by atoms with E-state index in [4.69, 9.17) is 5.73 Å². The van der Waals surface area contributed by atoms with Gasteiger partial charge in [-0.1, -0.05) is 12.1 Å². The van der Waals surface area contributed by atoms with Crippen LogP contribution in [0.4, 0.5) is 19.0 Å². The van der Waals surface area contributed by atoms with Crippen LogP contribution < -0.4 is 5.73 Å². The van der Waals surface area contributed by atoms with E-state index in [2.05, 4.69) is 10.1 Å². The van der Waals surface area contributed by atoms with Gasteiger partial charge in [-0.15, -0.1) is 0 Å². The predicted molar refractivity (Wildman–Crippen MR) is 90.7 cm³/mol. The molecule has 0 radical (unpaired) electrons. The number of rotatable bonds is 2. The number of halogens is 3. The minimum Gasteiger partial charge on any atom is -0.383 e. The Morgan fingerprint density at radius 2 is 1.67 bits per heavy atom. The highest BCUT2D eigenvalue weighted by molar-refractivity contribution is 5.86. The third-order valence-electron chi connectivity index (χ3n) is 3.93. The average molecular weight is 368 g/mol. The van der Waals surface area contributed by atoms with Gasteiger partial charge in [0.1, 0.15) is 23.5 Å². The third-order valence-corrected chi connectivity index (χ3v) is 3.93. The summed E-state index contributed by atoms with van der Waals surface area (Å²) in [6.07, 6.45) is -1.40. The quantitative estimate of drug-likeness (QED) is 0.745. The summed E-state index contributed by atoms with van der Waals surface area (Å²) in [5.41, 5.74) is 6.12. The molecule has 0 saturated heterocycles. The molecule has 2 N–H and O–H groups in total. The van der Waals surface area contributed by atoms with Gasteiger partial charge in [0.25, 0.3) is 0 Å². The third kappa shape index (κ3) is 3.18. The summed E-state index contributed by atoms with van der Waals surface area (Å²) in [5.74, 6) is -0.120. The lowest BCUT2D eigenvalue weighted by Gasteiger charge is -2.13. The van der Waals surface area contributed by atoms with Crippen molar-refractivity contribution in [3.05, 3.63) is 53.3 Å². The van der Waals surface area contributed by atoms with Crippen LogP contribution in [-0.4, -0.2) is 14.8 Å². The molecule has 134 valence electrons. The minimum absolute atomic E-state index is 0.0357. The van der Waals surface area contributed by atoms with E-state index in [1.807, 2.05) is 12.1 Å². The van der Waals surface area contributed by atoms with Crippen LogP contribution in [0.25, 0.3) is 22.4 Å². The highest BCUT2D eigenvalue weighted by Gasteiger charge is 2.30. The van der Waals surface area contributed by atoms with Crippen molar-refractivity contribution in [1.82, 2.24) is 14.8 Å². The fraction of sp³-hybridized carbons (Fsp3) is 0.111. The molecule has 3 rings (SSSR count). The first-order chi connectivity index (χ1) is 12.8. The van der Waals surface area contributed by atoms with Gasteiger partial charge in [0.15, 0.2) is 0 Å². The molecule has 0 unspecified atom stereocenters. The number of benzene rings is 1. The second-order valence-corrected chi connectivity index (χ2v) is 5.67. The van der Waals surface area contributed by atoms with E-state index >= 15 is 0 Å². The van der Waals surface area contributed by atoms with Gasteiger partial charge in [0.05, 0.1) is 23.0 Å². The SMILES string of the molecule is Cn1cc(-c2nc(N)c(C#N)c(-c3ccc(C(F)(F)F)cc3)c2C#N)cn1. The molecule has 0 bridgehead atoms. The van der Waals surface area contributed by atoms with Gasteiger partial charge in [0.2, 0.25) is 0 Å². The fourth-order valence-electron chi connectivity index (χ4n) is 2.69. The molecule has 0 atom stereocenters. The summed E-state index contributed by atoms with van der Waals surface area (Å²) in [6.45, 7) is 0. The highest BCUT2D eigenvalue weighted by Crippen LogP contribution is 2.37. The number of aryl methyl sites for hydroxylation is 1. The van der Waals surface area contributed by atoms with Gasteiger partial charge in [-0.25, -0.2) is 4.98 Å². The number of hydrogen-bond acceptors (Lipinski definition) is 5. The van der Waals surface area contributed by atoms with E-state index in [1.165, 1.54) is 23.0 Å².